The van der Waals surface area contributed by atoms with Gasteiger partial charge in [-0.05, 0) is 0 Å². The molecule has 0 aliphatic carbocycles. The van der Waals surface area contributed by atoms with Gasteiger partial charge in [0.15, 0.2) is 0 Å². The van der Waals surface area contributed by atoms with Crippen LogP contribution in [-0.2, 0) is 0 Å². The van der Waals surface area contributed by atoms with Crippen molar-refractivity contribution >= 4 is 137 Å². The molecular formula is I4KSi. The van der Waals surface area contributed by atoms with Gasteiger partial charge in [-0.2, -0.15) is 0 Å². The molecule has 0 saturated heterocycles. The Balaban J connectivity index is 0. The summed E-state index contributed by atoms with van der Waals surface area (Å²) in [6.07, 6.45) is 0. The van der Waals surface area contributed by atoms with Gasteiger partial charge in [-0.15, -0.1) is 0 Å². The van der Waals surface area contributed by atoms with E-state index in [0.29, 0.717) is 0 Å². The van der Waals surface area contributed by atoms with Crippen molar-refractivity contribution in [3.05, 3.63) is 0 Å². The molecule has 0 aromatic carbocycles. The van der Waals surface area contributed by atoms with Crippen molar-refractivity contribution in [1.29, 1.82) is 0 Å². The minimum absolute atomic E-state index is 0. The molecule has 6 heteroatoms. The summed E-state index contributed by atoms with van der Waals surface area (Å²) in [7, 11) is 0. The molecule has 0 nitrogen and oxygen atoms in total. The summed E-state index contributed by atoms with van der Waals surface area (Å²) >= 11 is 9.91. The van der Waals surface area contributed by atoms with Crippen LogP contribution < -0.4 is 0 Å². The predicted octanol–water partition coefficient (Wildman–Crippen LogP) is 2.78. The van der Waals surface area contributed by atoms with E-state index in [1.54, 1.807) is 0 Å². The minimum Gasteiger partial charge on any atom is -0.0791 e. The smallest absolute Gasteiger partial charge is 0.0791 e. The second kappa shape index (κ2) is 6.48. The third-order valence-electron chi connectivity index (χ3n) is 0. The van der Waals surface area contributed by atoms with E-state index in [4.69, 9.17) is 0 Å². The van der Waals surface area contributed by atoms with Crippen molar-refractivity contribution in [1.82, 2.24) is 0 Å². The average molecular weight is 575 g/mol. The van der Waals surface area contributed by atoms with Crippen molar-refractivity contribution in [3.8, 4) is 0 Å². The molecule has 0 rings (SSSR count). The summed E-state index contributed by atoms with van der Waals surface area (Å²) in [5.74, 6) is 0. The first-order valence-electron chi connectivity index (χ1n) is 0.756. The molecule has 0 bridgehead atoms. The summed E-state index contributed by atoms with van der Waals surface area (Å²) in [6.45, 7) is 0. The quantitative estimate of drug-likeness (QED) is 0.237. The minimum atomic E-state index is -0.731. The first-order chi connectivity index (χ1) is 2.00. The van der Waals surface area contributed by atoms with Gasteiger partial charge in [-0.25, -0.2) is 0 Å². The molecule has 0 saturated carbocycles. The van der Waals surface area contributed by atoms with Gasteiger partial charge in [0.25, 0.3) is 0 Å². The maximum absolute atomic E-state index is 2.48. The van der Waals surface area contributed by atoms with E-state index in [-0.39, 0.29) is 51.4 Å². The predicted molar refractivity (Wildman–Crippen MR) is 67.6 cm³/mol. The van der Waals surface area contributed by atoms with E-state index < -0.39 is -1.94 Å². The third kappa shape index (κ3) is 23.3. The van der Waals surface area contributed by atoms with E-state index in [0.717, 1.165) is 0 Å². The summed E-state index contributed by atoms with van der Waals surface area (Å²) in [5.41, 5.74) is 0. The molecule has 33 valence electrons. The Morgan fingerprint density at radius 3 is 0.833 bits per heavy atom. The molecule has 0 spiro atoms. The van der Waals surface area contributed by atoms with Crippen LogP contribution in [0.5, 0.6) is 0 Å². The third-order valence-corrected chi connectivity index (χ3v) is 0. The van der Waals surface area contributed by atoms with Gasteiger partial charge in [0, 0.05) is 51.4 Å². The van der Waals surface area contributed by atoms with Crippen LogP contribution in [0.4, 0.5) is 0 Å². The zero-order valence-electron chi connectivity index (χ0n) is 3.01. The first kappa shape index (κ1) is 13.4. The molecule has 0 aliphatic heterocycles. The second-order valence-electron chi connectivity index (χ2n) is 0.429. The standard InChI is InChI=1S/I4Si.K/c1-5(2,3)4;. The van der Waals surface area contributed by atoms with Gasteiger partial charge in [-0.1, -0.05) is 87.2 Å². The van der Waals surface area contributed by atoms with Crippen LogP contribution in [0.1, 0.15) is 0 Å². The van der Waals surface area contributed by atoms with Crippen LogP contribution in [0, 0.1) is 0 Å². The molecule has 0 aromatic rings. The zero-order chi connectivity index (χ0) is 4.50. The molecule has 6 heavy (non-hydrogen) atoms. The molecule has 0 amide bonds. The molecule has 0 atom stereocenters. The molecule has 0 heterocycles. The van der Waals surface area contributed by atoms with Crippen molar-refractivity contribution in [3.63, 3.8) is 0 Å². The molecule has 0 aromatic heterocycles. The first-order valence-corrected chi connectivity index (χ1v) is 15.2. The van der Waals surface area contributed by atoms with Gasteiger partial charge in [-0.3, -0.25) is 0 Å². The average Bonchev–Trinajstić information content (AvgIpc) is 0.722. The fraction of sp³-hybridized carbons (Fsp3) is 0. The normalized spacial score (nSPS) is 10.0. The Morgan fingerprint density at radius 2 is 0.833 bits per heavy atom. The van der Waals surface area contributed by atoms with E-state index in [9.17, 15) is 0 Å². The van der Waals surface area contributed by atoms with Gasteiger partial charge in [0.2, 0.25) is 0 Å². The Bertz CT molecular complexity index is 23.0. The van der Waals surface area contributed by atoms with Crippen LogP contribution in [0.3, 0.4) is 0 Å². The van der Waals surface area contributed by atoms with E-state index >= 15 is 0 Å². The van der Waals surface area contributed by atoms with Crippen LogP contribution in [0.2, 0.25) is 0 Å². The number of rotatable bonds is 0. The van der Waals surface area contributed by atoms with Crippen LogP contribution in [0.15, 0.2) is 0 Å². The molecule has 0 unspecified atom stereocenters. The summed E-state index contributed by atoms with van der Waals surface area (Å²) < 4.78 is -0.731. The molecular weight excluding hydrogens is 575 g/mol. The summed E-state index contributed by atoms with van der Waals surface area (Å²) in [4.78, 5) is 0. The molecule has 1 radical (unpaired) electrons. The van der Waals surface area contributed by atoms with E-state index in [1.165, 1.54) is 0 Å². The molecule has 0 N–H and O–H groups in total. The Labute approximate surface area is 132 Å². The molecule has 0 fully saturated rings. The van der Waals surface area contributed by atoms with Gasteiger partial charge in [0.1, 0.15) is 0 Å². The van der Waals surface area contributed by atoms with Crippen molar-refractivity contribution in [2.45, 2.75) is 0 Å². The van der Waals surface area contributed by atoms with Gasteiger partial charge < -0.3 is 0 Å². The van der Waals surface area contributed by atoms with Crippen LogP contribution >= 0.6 is 87.2 Å². The Morgan fingerprint density at radius 1 is 0.833 bits per heavy atom. The fourth-order valence-corrected chi connectivity index (χ4v) is 0. The summed E-state index contributed by atoms with van der Waals surface area (Å²) in [5, 5.41) is 0. The molecule has 0 aliphatic rings. The van der Waals surface area contributed by atoms with Gasteiger partial charge in [0.05, 0.1) is 0 Å². The zero-order valence-corrected chi connectivity index (χ0v) is 15.8. The van der Waals surface area contributed by atoms with E-state index in [2.05, 4.69) is 87.2 Å². The maximum Gasteiger partial charge on any atom is 0.317 e. The topological polar surface area (TPSA) is 0 Å². The number of hydrogen-bond donors (Lipinski definition) is 0. The monoisotopic (exact) mass is 575 g/mol. The van der Waals surface area contributed by atoms with E-state index in [1.807, 2.05) is 0 Å². The van der Waals surface area contributed by atoms with Crippen molar-refractivity contribution < 1.29 is 0 Å². The number of halogens is 4. The van der Waals surface area contributed by atoms with Crippen molar-refractivity contribution in [2.75, 3.05) is 0 Å². The van der Waals surface area contributed by atoms with Gasteiger partial charge >= 0.3 is -1.94 Å². The van der Waals surface area contributed by atoms with Crippen LogP contribution in [0.25, 0.3) is 0 Å². The Kier molecular flexibility index (Phi) is 14.4. The fourth-order valence-electron chi connectivity index (χ4n) is 0. The second-order valence-corrected chi connectivity index (χ2v) is 57.9. The largest absolute Gasteiger partial charge is 0.317 e. The summed E-state index contributed by atoms with van der Waals surface area (Å²) in [6, 6.07) is 0. The van der Waals surface area contributed by atoms with Crippen molar-refractivity contribution in [2.24, 2.45) is 0 Å². The Hall–Kier alpha value is 4.77. The number of hydrogen-bond acceptors (Lipinski definition) is 0. The SMILES string of the molecule is I[Si](I)(I)I.[K]. The maximum atomic E-state index is 2.48. The van der Waals surface area contributed by atoms with Crippen LogP contribution in [-0.4, -0.2) is 49.4 Å².